The van der Waals surface area contributed by atoms with Gasteiger partial charge in [0.2, 0.25) is 0 Å². The van der Waals surface area contributed by atoms with Gasteiger partial charge in [-0.3, -0.25) is 0 Å². The standard InChI is InChI=1S/C14H12BrClF2N2/c15-8-1-4-12(18)10(5-8)14(7-19)20-13-6-9(17)2-3-11(13)16/h1-6,14,20H,7,19H2. The molecule has 0 heterocycles. The molecule has 106 valence electrons. The summed E-state index contributed by atoms with van der Waals surface area (Å²) in [6.07, 6.45) is 0. The lowest BCUT2D eigenvalue weighted by atomic mass is 10.1. The summed E-state index contributed by atoms with van der Waals surface area (Å²) in [5.74, 6) is -0.814. The first-order valence-corrected chi connectivity index (χ1v) is 7.05. The maximum atomic E-state index is 13.9. The van der Waals surface area contributed by atoms with Crippen LogP contribution in [0.3, 0.4) is 0 Å². The number of benzene rings is 2. The van der Waals surface area contributed by atoms with Crippen LogP contribution in [0.25, 0.3) is 0 Å². The predicted molar refractivity (Wildman–Crippen MR) is 80.9 cm³/mol. The van der Waals surface area contributed by atoms with Crippen LogP contribution in [0.1, 0.15) is 11.6 Å². The van der Waals surface area contributed by atoms with E-state index in [1.165, 1.54) is 24.3 Å². The van der Waals surface area contributed by atoms with Crippen LogP contribution in [0.4, 0.5) is 14.5 Å². The van der Waals surface area contributed by atoms with E-state index in [1.54, 1.807) is 12.1 Å². The maximum absolute atomic E-state index is 13.9. The zero-order valence-corrected chi connectivity index (χ0v) is 12.7. The van der Waals surface area contributed by atoms with Gasteiger partial charge in [-0.05, 0) is 36.4 Å². The van der Waals surface area contributed by atoms with E-state index in [9.17, 15) is 8.78 Å². The van der Waals surface area contributed by atoms with Crippen LogP contribution in [0.15, 0.2) is 40.9 Å². The molecular formula is C14H12BrClF2N2. The average Bonchev–Trinajstić information content (AvgIpc) is 2.42. The Labute approximate surface area is 129 Å². The molecule has 1 atom stereocenters. The Morgan fingerprint density at radius 1 is 1.20 bits per heavy atom. The SMILES string of the molecule is NCC(Nc1cc(F)ccc1Cl)c1cc(Br)ccc1F. The van der Waals surface area contributed by atoms with Gasteiger partial charge in [0, 0.05) is 16.6 Å². The Kier molecular flexibility index (Phi) is 4.96. The van der Waals surface area contributed by atoms with Crippen molar-refractivity contribution in [2.75, 3.05) is 11.9 Å². The molecule has 0 aliphatic heterocycles. The third-order valence-corrected chi connectivity index (χ3v) is 3.65. The van der Waals surface area contributed by atoms with Crippen LogP contribution in [0.5, 0.6) is 0 Å². The van der Waals surface area contributed by atoms with E-state index in [-0.39, 0.29) is 12.4 Å². The van der Waals surface area contributed by atoms with Crippen LogP contribution >= 0.6 is 27.5 Å². The van der Waals surface area contributed by atoms with Gasteiger partial charge >= 0.3 is 0 Å². The second kappa shape index (κ2) is 6.52. The van der Waals surface area contributed by atoms with E-state index < -0.39 is 11.9 Å². The van der Waals surface area contributed by atoms with Gasteiger partial charge in [0.25, 0.3) is 0 Å². The summed E-state index contributed by atoms with van der Waals surface area (Å²) in [5.41, 5.74) is 6.45. The largest absolute Gasteiger partial charge is 0.376 e. The quantitative estimate of drug-likeness (QED) is 0.842. The number of nitrogens with one attached hydrogen (secondary N) is 1. The van der Waals surface area contributed by atoms with E-state index in [4.69, 9.17) is 17.3 Å². The Bertz CT molecular complexity index is 622. The van der Waals surface area contributed by atoms with Crippen molar-refractivity contribution in [3.63, 3.8) is 0 Å². The van der Waals surface area contributed by atoms with Gasteiger partial charge < -0.3 is 11.1 Å². The van der Waals surface area contributed by atoms with Crippen molar-refractivity contribution in [3.8, 4) is 0 Å². The number of halogens is 4. The van der Waals surface area contributed by atoms with Gasteiger partial charge in [0.1, 0.15) is 11.6 Å². The lowest BCUT2D eigenvalue weighted by Crippen LogP contribution is -2.22. The number of hydrogen-bond acceptors (Lipinski definition) is 2. The van der Waals surface area contributed by atoms with Crippen LogP contribution in [0.2, 0.25) is 5.02 Å². The molecule has 6 heteroatoms. The van der Waals surface area contributed by atoms with Crippen molar-refractivity contribution in [3.05, 3.63) is 63.1 Å². The highest BCUT2D eigenvalue weighted by Crippen LogP contribution is 2.29. The van der Waals surface area contributed by atoms with Gasteiger partial charge in [0.05, 0.1) is 16.8 Å². The summed E-state index contributed by atoms with van der Waals surface area (Å²) in [6.45, 7) is 0.139. The second-order valence-corrected chi connectivity index (χ2v) is 5.55. The molecule has 2 rings (SSSR count). The molecular weight excluding hydrogens is 350 g/mol. The molecule has 0 saturated carbocycles. The van der Waals surface area contributed by atoms with E-state index in [0.29, 0.717) is 16.3 Å². The molecule has 2 aromatic rings. The van der Waals surface area contributed by atoms with Crippen LogP contribution < -0.4 is 11.1 Å². The third-order valence-electron chi connectivity index (χ3n) is 2.83. The lowest BCUT2D eigenvalue weighted by Gasteiger charge is -2.20. The molecule has 0 saturated heterocycles. The van der Waals surface area contributed by atoms with E-state index in [1.807, 2.05) is 0 Å². The van der Waals surface area contributed by atoms with E-state index in [2.05, 4.69) is 21.2 Å². The van der Waals surface area contributed by atoms with Crippen LogP contribution in [0, 0.1) is 11.6 Å². The molecule has 0 radical (unpaired) electrons. The van der Waals surface area contributed by atoms with Gasteiger partial charge in [-0.2, -0.15) is 0 Å². The highest BCUT2D eigenvalue weighted by atomic mass is 79.9. The lowest BCUT2D eigenvalue weighted by molar-refractivity contribution is 0.592. The Morgan fingerprint density at radius 2 is 1.95 bits per heavy atom. The summed E-state index contributed by atoms with van der Waals surface area (Å²) < 4.78 is 27.8. The fourth-order valence-electron chi connectivity index (χ4n) is 1.84. The predicted octanol–water partition coefficient (Wildman–Crippen LogP) is 4.49. The fourth-order valence-corrected chi connectivity index (χ4v) is 2.39. The minimum Gasteiger partial charge on any atom is -0.376 e. The summed E-state index contributed by atoms with van der Waals surface area (Å²) in [4.78, 5) is 0. The molecule has 2 nitrogen and oxygen atoms in total. The van der Waals surface area contributed by atoms with Crippen molar-refractivity contribution in [1.82, 2.24) is 0 Å². The molecule has 0 aromatic heterocycles. The van der Waals surface area contributed by atoms with Crippen molar-refractivity contribution in [1.29, 1.82) is 0 Å². The van der Waals surface area contributed by atoms with Crippen molar-refractivity contribution >= 4 is 33.2 Å². The second-order valence-electron chi connectivity index (χ2n) is 4.22. The normalized spacial score (nSPS) is 12.2. The Hall–Kier alpha value is -1.17. The summed E-state index contributed by atoms with van der Waals surface area (Å²) in [7, 11) is 0. The molecule has 0 aliphatic rings. The zero-order chi connectivity index (χ0) is 14.7. The molecule has 3 N–H and O–H groups in total. The van der Waals surface area contributed by atoms with Gasteiger partial charge in [-0.15, -0.1) is 0 Å². The molecule has 0 amide bonds. The molecule has 0 aliphatic carbocycles. The van der Waals surface area contributed by atoms with Crippen molar-refractivity contribution in [2.24, 2.45) is 5.73 Å². The van der Waals surface area contributed by atoms with E-state index >= 15 is 0 Å². The Balaban J connectivity index is 2.33. The van der Waals surface area contributed by atoms with Crippen LogP contribution in [-0.2, 0) is 0 Å². The molecule has 0 fully saturated rings. The molecule has 2 aromatic carbocycles. The van der Waals surface area contributed by atoms with Crippen molar-refractivity contribution in [2.45, 2.75) is 6.04 Å². The number of nitrogens with two attached hydrogens (primary N) is 1. The zero-order valence-electron chi connectivity index (χ0n) is 10.3. The molecule has 1 unspecified atom stereocenters. The molecule has 0 bridgehead atoms. The summed E-state index contributed by atoms with van der Waals surface area (Å²) in [5, 5.41) is 3.31. The Morgan fingerprint density at radius 3 is 2.65 bits per heavy atom. The average molecular weight is 362 g/mol. The number of rotatable bonds is 4. The minimum atomic E-state index is -0.508. The first-order chi connectivity index (χ1) is 9.51. The maximum Gasteiger partial charge on any atom is 0.128 e. The molecule has 0 spiro atoms. The van der Waals surface area contributed by atoms with Gasteiger partial charge in [0.15, 0.2) is 0 Å². The summed E-state index contributed by atoms with van der Waals surface area (Å²) >= 11 is 9.27. The highest BCUT2D eigenvalue weighted by molar-refractivity contribution is 9.10. The minimum absolute atomic E-state index is 0.139. The third kappa shape index (κ3) is 3.48. The van der Waals surface area contributed by atoms with Gasteiger partial charge in [-0.1, -0.05) is 27.5 Å². The fraction of sp³-hybridized carbons (Fsp3) is 0.143. The summed E-state index contributed by atoms with van der Waals surface area (Å²) in [6, 6.07) is 8.01. The van der Waals surface area contributed by atoms with Crippen LogP contribution in [-0.4, -0.2) is 6.54 Å². The molecule has 20 heavy (non-hydrogen) atoms. The van der Waals surface area contributed by atoms with E-state index in [0.717, 1.165) is 4.47 Å². The van der Waals surface area contributed by atoms with Gasteiger partial charge in [-0.25, -0.2) is 8.78 Å². The first-order valence-electron chi connectivity index (χ1n) is 5.88. The number of hydrogen-bond donors (Lipinski definition) is 2. The number of anilines is 1. The topological polar surface area (TPSA) is 38.0 Å². The highest BCUT2D eigenvalue weighted by Gasteiger charge is 2.16. The monoisotopic (exact) mass is 360 g/mol. The first kappa shape index (κ1) is 15.2. The smallest absolute Gasteiger partial charge is 0.128 e. The van der Waals surface area contributed by atoms with Crippen molar-refractivity contribution < 1.29 is 8.78 Å².